The molecule has 4 N–H and O–H groups in total. The van der Waals surface area contributed by atoms with Crippen LogP contribution in [0.15, 0.2) is 60.4 Å². The van der Waals surface area contributed by atoms with Gasteiger partial charge in [0, 0.05) is 26.0 Å². The van der Waals surface area contributed by atoms with Gasteiger partial charge in [0.05, 0.1) is 13.7 Å². The third-order valence-corrected chi connectivity index (χ3v) is 4.81. The Hall–Kier alpha value is -2.95. The maximum absolute atomic E-state index is 11.1. The van der Waals surface area contributed by atoms with E-state index in [1.54, 1.807) is 27.2 Å². The zero-order chi connectivity index (χ0) is 32.4. The Morgan fingerprint density at radius 2 is 1.68 bits per heavy atom. The van der Waals surface area contributed by atoms with Crippen LogP contribution in [0.2, 0.25) is 0 Å². The fourth-order valence-electron chi connectivity index (χ4n) is 2.62. The number of hydrogen-bond acceptors (Lipinski definition) is 8. The lowest BCUT2D eigenvalue weighted by Crippen LogP contribution is -2.34. The van der Waals surface area contributed by atoms with Crippen molar-refractivity contribution in [3.63, 3.8) is 0 Å². The van der Waals surface area contributed by atoms with E-state index in [2.05, 4.69) is 24.8 Å². The number of hydrazine groups is 2. The Labute approximate surface area is 251 Å². The van der Waals surface area contributed by atoms with Crippen LogP contribution in [0, 0.1) is 5.92 Å². The molecule has 0 saturated carbocycles. The van der Waals surface area contributed by atoms with Gasteiger partial charge in [0.2, 0.25) is 0 Å². The fourth-order valence-corrected chi connectivity index (χ4v) is 2.62. The van der Waals surface area contributed by atoms with Gasteiger partial charge in [-0.3, -0.25) is 5.01 Å². The molecule has 9 nitrogen and oxygen atoms in total. The number of nitrogens with one attached hydrogen (secondary N) is 2. The first-order chi connectivity index (χ1) is 19.3. The fraction of sp³-hybridized carbons (Fsp3) is 0.581. The molecule has 1 aliphatic heterocycles. The van der Waals surface area contributed by atoms with Gasteiger partial charge in [-0.15, -0.1) is 5.53 Å². The molecule has 0 aliphatic carbocycles. The van der Waals surface area contributed by atoms with Crippen LogP contribution in [0.3, 0.4) is 0 Å². The summed E-state index contributed by atoms with van der Waals surface area (Å²) in [5.41, 5.74) is 7.35. The van der Waals surface area contributed by atoms with E-state index in [1.165, 1.54) is 10.5 Å². The maximum Gasteiger partial charge on any atom is 0.484 e. The van der Waals surface area contributed by atoms with E-state index in [1.807, 2.05) is 109 Å². The lowest BCUT2D eigenvalue weighted by Gasteiger charge is -2.23. The number of carbonyl (C=O) groups excluding carboxylic acids is 1. The molecule has 0 fully saturated rings. The Morgan fingerprint density at radius 3 is 2.05 bits per heavy atom. The van der Waals surface area contributed by atoms with Crippen LogP contribution < -0.4 is 15.7 Å². The molecule has 1 aromatic carbocycles. The van der Waals surface area contributed by atoms with Crippen molar-refractivity contribution in [2.45, 2.75) is 94.7 Å². The van der Waals surface area contributed by atoms with Crippen LogP contribution >= 0.6 is 0 Å². The summed E-state index contributed by atoms with van der Waals surface area (Å²) in [4.78, 5) is 12.6. The minimum atomic E-state index is -1.31. The van der Waals surface area contributed by atoms with E-state index in [0.717, 1.165) is 12.3 Å². The highest BCUT2D eigenvalue weighted by Gasteiger charge is 2.18. The molecule has 0 bridgehead atoms. The van der Waals surface area contributed by atoms with Gasteiger partial charge in [0.15, 0.2) is 0 Å². The molecule has 0 aromatic heterocycles. The van der Waals surface area contributed by atoms with Gasteiger partial charge >= 0.3 is 13.2 Å². The van der Waals surface area contributed by atoms with Crippen molar-refractivity contribution < 1.29 is 24.3 Å². The van der Waals surface area contributed by atoms with E-state index in [0.29, 0.717) is 24.4 Å². The number of hydrogen-bond donors (Lipinski definition) is 4. The van der Waals surface area contributed by atoms with Gasteiger partial charge in [-0.1, -0.05) is 71.9 Å². The second-order valence-corrected chi connectivity index (χ2v) is 9.66. The van der Waals surface area contributed by atoms with Crippen molar-refractivity contribution in [3.05, 3.63) is 65.9 Å². The zero-order valence-corrected chi connectivity index (χ0v) is 28.0. The van der Waals surface area contributed by atoms with Crippen LogP contribution in [0.1, 0.15) is 88.1 Å². The van der Waals surface area contributed by atoms with Crippen LogP contribution in [-0.2, 0) is 11.3 Å². The molecule has 1 aromatic rings. The van der Waals surface area contributed by atoms with E-state index < -0.39 is 7.12 Å². The molecule has 1 amide bonds. The van der Waals surface area contributed by atoms with E-state index in [4.69, 9.17) is 19.5 Å². The summed E-state index contributed by atoms with van der Waals surface area (Å²) >= 11 is 0. The number of allylic oxidation sites excluding steroid dienone is 4. The third-order valence-electron chi connectivity index (χ3n) is 4.81. The summed E-state index contributed by atoms with van der Waals surface area (Å²) < 4.78 is 10.2. The lowest BCUT2D eigenvalue weighted by molar-refractivity contribution is 0.0308. The van der Waals surface area contributed by atoms with Gasteiger partial charge in [0.1, 0.15) is 11.4 Å². The van der Waals surface area contributed by atoms with Crippen molar-refractivity contribution in [1.82, 2.24) is 20.9 Å². The summed E-state index contributed by atoms with van der Waals surface area (Å²) in [6, 6.07) is 8.02. The molecule has 2 rings (SSSR count). The molecule has 1 heterocycles. The Kier molecular flexibility index (Phi) is 26.9. The second kappa shape index (κ2) is 26.0. The van der Waals surface area contributed by atoms with E-state index in [9.17, 15) is 4.79 Å². The normalized spacial score (nSPS) is 11.9. The van der Waals surface area contributed by atoms with Crippen molar-refractivity contribution in [2.24, 2.45) is 5.92 Å². The molecule has 0 radical (unpaired) electrons. The van der Waals surface area contributed by atoms with Crippen molar-refractivity contribution in [3.8, 4) is 5.75 Å². The molecular formula is C31H59BN4O5. The second-order valence-electron chi connectivity index (χ2n) is 9.66. The topological polar surface area (TPSA) is 107 Å². The summed E-state index contributed by atoms with van der Waals surface area (Å²) in [6.07, 6.45) is 9.89. The monoisotopic (exact) mass is 578 g/mol. The SMILES string of the molecule is C/C=C(\C/C=C\C(C)C)B(O)O.CC.CC.CCN(C)C(=O)OC(C)(C)C.COc1ccc(CN2C=CNN2)cc1. The molecule has 0 atom stereocenters. The molecule has 1 aliphatic rings. The highest BCUT2D eigenvalue weighted by molar-refractivity contribution is 6.50. The van der Waals surface area contributed by atoms with Crippen LogP contribution in [0.4, 0.5) is 4.79 Å². The molecule has 236 valence electrons. The third kappa shape index (κ3) is 24.6. The van der Waals surface area contributed by atoms with Crippen LogP contribution in [0.5, 0.6) is 5.75 Å². The zero-order valence-electron chi connectivity index (χ0n) is 28.0. The largest absolute Gasteiger partial charge is 0.497 e. The Bertz CT molecular complexity index is 851. The number of carbonyl (C=O) groups is 1. The average Bonchev–Trinajstić information content (AvgIpc) is 3.46. The number of amides is 1. The maximum atomic E-state index is 11.1. The molecule has 0 spiro atoms. The summed E-state index contributed by atoms with van der Waals surface area (Å²) in [5, 5.41) is 19.6. The number of ether oxygens (including phenoxy) is 2. The van der Waals surface area contributed by atoms with Crippen LogP contribution in [-0.4, -0.2) is 59.5 Å². The number of rotatable bonds is 8. The lowest BCUT2D eigenvalue weighted by atomic mass is 9.77. The minimum absolute atomic E-state index is 0.264. The van der Waals surface area contributed by atoms with E-state index in [-0.39, 0.29) is 11.7 Å². The van der Waals surface area contributed by atoms with Crippen LogP contribution in [0.25, 0.3) is 0 Å². The van der Waals surface area contributed by atoms with Gasteiger partial charge in [-0.05, 0) is 70.1 Å². The molecule has 0 saturated heterocycles. The summed E-state index contributed by atoms with van der Waals surface area (Å²) in [7, 11) is 2.07. The standard InChI is InChI=1S/C10H13N3O.C9H17BO2.C8H17NO2.2C2H6/c1-14-10-4-2-9(3-5-10)8-13-7-6-11-12-13;1-4-9(10(11)12)7-5-6-8(2)3;1-6-9(5)7(10)11-8(2,3)4;2*1-2/h2-7,11-12H,8H2,1H3;4-6,8,11-12H,7H2,1-3H3;6H2,1-5H3;2*1-2H3/b;6-5-,9-4+;;;. The van der Waals surface area contributed by atoms with Crippen molar-refractivity contribution in [2.75, 3.05) is 20.7 Å². The Balaban J connectivity index is -0.000000501. The van der Waals surface area contributed by atoms with Gasteiger partial charge < -0.3 is 29.8 Å². The molecule has 41 heavy (non-hydrogen) atoms. The summed E-state index contributed by atoms with van der Waals surface area (Å²) in [6.45, 7) is 22.9. The van der Waals surface area contributed by atoms with Gasteiger partial charge in [0.25, 0.3) is 0 Å². The predicted octanol–water partition coefficient (Wildman–Crippen LogP) is 6.46. The number of nitrogens with zero attached hydrogens (tertiary/aromatic N) is 2. The average molecular weight is 579 g/mol. The van der Waals surface area contributed by atoms with Crippen molar-refractivity contribution >= 4 is 13.2 Å². The molecule has 0 unspecified atom stereocenters. The number of benzene rings is 1. The van der Waals surface area contributed by atoms with E-state index >= 15 is 0 Å². The smallest absolute Gasteiger partial charge is 0.484 e. The van der Waals surface area contributed by atoms with Crippen molar-refractivity contribution in [1.29, 1.82) is 0 Å². The first-order valence-electron chi connectivity index (χ1n) is 14.5. The van der Waals surface area contributed by atoms with Gasteiger partial charge in [-0.2, -0.15) is 0 Å². The summed E-state index contributed by atoms with van der Waals surface area (Å²) in [5.74, 6) is 1.40. The number of methoxy groups -OCH3 is 1. The van der Waals surface area contributed by atoms with Gasteiger partial charge in [-0.25, -0.2) is 4.79 Å². The molecule has 10 heteroatoms. The molecular weight excluding hydrogens is 519 g/mol. The first-order valence-corrected chi connectivity index (χ1v) is 14.5. The predicted molar refractivity (Wildman–Crippen MR) is 174 cm³/mol. The minimum Gasteiger partial charge on any atom is -0.497 e. The highest BCUT2D eigenvalue weighted by atomic mass is 16.6. The Morgan fingerprint density at radius 1 is 1.12 bits per heavy atom. The first kappa shape index (κ1) is 42.5. The highest BCUT2D eigenvalue weighted by Crippen LogP contribution is 2.13. The quantitative estimate of drug-likeness (QED) is 0.206.